The second-order valence-corrected chi connectivity index (χ2v) is 2.43. The number of esters is 2. The fraction of sp³-hybridized carbons (Fsp3) is 0.500. The molecular weight excluding hydrogens is 176 g/mol. The Morgan fingerprint density at radius 3 is 2.85 bits per heavy atom. The average molecular weight is 186 g/mol. The molecule has 1 aliphatic heterocycles. The van der Waals surface area contributed by atoms with Crippen LogP contribution in [-0.2, 0) is 19.1 Å². The van der Waals surface area contributed by atoms with Gasteiger partial charge in [-0.25, -0.2) is 9.59 Å². The zero-order chi connectivity index (χ0) is 9.84. The Morgan fingerprint density at radius 1 is 1.69 bits per heavy atom. The van der Waals surface area contributed by atoms with E-state index in [1.165, 1.54) is 0 Å². The molecule has 0 atom stereocenters. The second kappa shape index (κ2) is 3.93. The van der Waals surface area contributed by atoms with E-state index in [1.54, 1.807) is 6.92 Å². The van der Waals surface area contributed by atoms with E-state index in [-0.39, 0.29) is 25.2 Å². The van der Waals surface area contributed by atoms with Gasteiger partial charge in [-0.15, -0.1) is 0 Å². The fourth-order valence-corrected chi connectivity index (χ4v) is 0.973. The van der Waals surface area contributed by atoms with Crippen molar-refractivity contribution in [1.82, 2.24) is 0 Å². The summed E-state index contributed by atoms with van der Waals surface area (Å²) in [5.41, 5.74) is -0.00144. The zero-order valence-electron chi connectivity index (χ0n) is 7.20. The summed E-state index contributed by atoms with van der Waals surface area (Å²) < 4.78 is 9.06. The van der Waals surface area contributed by atoms with Gasteiger partial charge in [0, 0.05) is 6.42 Å². The third-order valence-electron chi connectivity index (χ3n) is 1.59. The molecule has 1 N–H and O–H groups in total. The molecule has 1 fully saturated rings. The Labute approximate surface area is 74.9 Å². The Balaban J connectivity index is 2.78. The van der Waals surface area contributed by atoms with Gasteiger partial charge in [0.2, 0.25) is 5.76 Å². The Bertz CT molecular complexity index is 266. The van der Waals surface area contributed by atoms with E-state index in [0.29, 0.717) is 0 Å². The van der Waals surface area contributed by atoms with Crippen LogP contribution >= 0.6 is 0 Å². The summed E-state index contributed by atoms with van der Waals surface area (Å²) in [6, 6.07) is 0. The van der Waals surface area contributed by atoms with Crippen LogP contribution in [0.1, 0.15) is 13.3 Å². The number of aliphatic hydroxyl groups is 1. The summed E-state index contributed by atoms with van der Waals surface area (Å²) in [6.07, 6.45) is 0.253. The van der Waals surface area contributed by atoms with E-state index in [2.05, 4.69) is 9.47 Å². The van der Waals surface area contributed by atoms with Gasteiger partial charge in [-0.1, -0.05) is 0 Å². The Morgan fingerprint density at radius 2 is 2.38 bits per heavy atom. The standard InChI is InChI=1S/C8H10O5/c1-2-12-8(11)6(9)5-3-4-13-7(5)10/h9H,2-4H2,1H3. The van der Waals surface area contributed by atoms with Crippen LogP contribution in [0.5, 0.6) is 0 Å². The lowest BCUT2D eigenvalue weighted by molar-refractivity contribution is -0.143. The Hall–Kier alpha value is -1.52. The second-order valence-electron chi connectivity index (χ2n) is 2.43. The molecule has 0 radical (unpaired) electrons. The highest BCUT2D eigenvalue weighted by Crippen LogP contribution is 2.16. The summed E-state index contributed by atoms with van der Waals surface area (Å²) in [5.74, 6) is -2.16. The number of hydrogen-bond donors (Lipinski definition) is 1. The van der Waals surface area contributed by atoms with Gasteiger partial charge in [0.05, 0.1) is 18.8 Å². The summed E-state index contributed by atoms with van der Waals surface area (Å²) in [7, 11) is 0. The molecule has 1 rings (SSSR count). The van der Waals surface area contributed by atoms with Crippen molar-refractivity contribution in [2.75, 3.05) is 13.2 Å². The van der Waals surface area contributed by atoms with Gasteiger partial charge in [0.1, 0.15) is 0 Å². The lowest BCUT2D eigenvalue weighted by Gasteiger charge is -2.01. The van der Waals surface area contributed by atoms with E-state index in [4.69, 9.17) is 0 Å². The highest BCUT2D eigenvalue weighted by atomic mass is 16.6. The number of rotatable bonds is 2. The number of aliphatic hydroxyl groups excluding tert-OH is 1. The molecule has 1 heterocycles. The summed E-state index contributed by atoms with van der Waals surface area (Å²) in [4.78, 5) is 21.8. The first kappa shape index (κ1) is 9.57. The van der Waals surface area contributed by atoms with E-state index in [1.807, 2.05) is 0 Å². The fourth-order valence-electron chi connectivity index (χ4n) is 0.973. The molecule has 13 heavy (non-hydrogen) atoms. The molecule has 0 unspecified atom stereocenters. The van der Waals surface area contributed by atoms with Crippen LogP contribution in [0.3, 0.4) is 0 Å². The maximum absolute atomic E-state index is 10.9. The van der Waals surface area contributed by atoms with Crippen LogP contribution in [0.25, 0.3) is 0 Å². The molecule has 0 aliphatic carbocycles. The molecular formula is C8H10O5. The topological polar surface area (TPSA) is 72.8 Å². The molecule has 0 amide bonds. The molecule has 0 aromatic heterocycles. The number of carbonyl (C=O) groups is 2. The van der Waals surface area contributed by atoms with Gasteiger partial charge >= 0.3 is 11.9 Å². The summed E-state index contributed by atoms with van der Waals surface area (Å²) in [5, 5.41) is 9.22. The molecule has 1 saturated heterocycles. The minimum absolute atomic E-state index is 0.00144. The van der Waals surface area contributed by atoms with Gasteiger partial charge in [0.25, 0.3) is 0 Å². The van der Waals surface area contributed by atoms with E-state index >= 15 is 0 Å². The first-order chi connectivity index (χ1) is 6.16. The number of hydrogen-bond acceptors (Lipinski definition) is 5. The van der Waals surface area contributed by atoms with Crippen molar-refractivity contribution in [2.24, 2.45) is 0 Å². The summed E-state index contributed by atoms with van der Waals surface area (Å²) >= 11 is 0. The molecule has 0 bridgehead atoms. The predicted molar refractivity (Wildman–Crippen MR) is 41.9 cm³/mol. The largest absolute Gasteiger partial charge is 0.501 e. The first-order valence-electron chi connectivity index (χ1n) is 3.93. The van der Waals surface area contributed by atoms with Gasteiger partial charge in [-0.2, -0.15) is 0 Å². The monoisotopic (exact) mass is 186 g/mol. The van der Waals surface area contributed by atoms with Crippen LogP contribution < -0.4 is 0 Å². The lowest BCUT2D eigenvalue weighted by atomic mass is 10.2. The van der Waals surface area contributed by atoms with Crippen molar-refractivity contribution in [3.63, 3.8) is 0 Å². The molecule has 1 aliphatic rings. The lowest BCUT2D eigenvalue weighted by Crippen LogP contribution is -2.11. The molecule has 0 aromatic rings. The highest BCUT2D eigenvalue weighted by Gasteiger charge is 2.27. The molecule has 0 spiro atoms. The van der Waals surface area contributed by atoms with Crippen LogP contribution in [0.15, 0.2) is 11.3 Å². The third kappa shape index (κ3) is 1.99. The van der Waals surface area contributed by atoms with Crippen molar-refractivity contribution in [1.29, 1.82) is 0 Å². The predicted octanol–water partition coefficient (Wildman–Crippen LogP) is 0.308. The molecule has 0 saturated carbocycles. The third-order valence-corrected chi connectivity index (χ3v) is 1.59. The Kier molecular flexibility index (Phi) is 2.89. The van der Waals surface area contributed by atoms with Crippen molar-refractivity contribution in [3.8, 4) is 0 Å². The average Bonchev–Trinajstić information content (AvgIpc) is 2.50. The van der Waals surface area contributed by atoms with Crippen molar-refractivity contribution in [3.05, 3.63) is 11.3 Å². The number of ether oxygens (including phenoxy) is 2. The van der Waals surface area contributed by atoms with Crippen LogP contribution in [0.2, 0.25) is 0 Å². The van der Waals surface area contributed by atoms with E-state index < -0.39 is 17.7 Å². The quantitative estimate of drug-likeness (QED) is 0.381. The zero-order valence-corrected chi connectivity index (χ0v) is 7.20. The smallest absolute Gasteiger partial charge is 0.373 e. The molecule has 72 valence electrons. The van der Waals surface area contributed by atoms with E-state index in [0.717, 1.165) is 0 Å². The number of carbonyl (C=O) groups excluding carboxylic acids is 2. The molecule has 0 aromatic carbocycles. The number of cyclic esters (lactones) is 1. The van der Waals surface area contributed by atoms with Gasteiger partial charge < -0.3 is 14.6 Å². The minimum Gasteiger partial charge on any atom is -0.501 e. The van der Waals surface area contributed by atoms with E-state index in [9.17, 15) is 14.7 Å². The van der Waals surface area contributed by atoms with Crippen LogP contribution in [-0.4, -0.2) is 30.3 Å². The first-order valence-corrected chi connectivity index (χ1v) is 3.93. The van der Waals surface area contributed by atoms with Crippen LogP contribution in [0.4, 0.5) is 0 Å². The van der Waals surface area contributed by atoms with Crippen LogP contribution in [0, 0.1) is 0 Å². The van der Waals surface area contributed by atoms with Crippen molar-refractivity contribution < 1.29 is 24.2 Å². The summed E-state index contributed by atoms with van der Waals surface area (Å²) in [6.45, 7) is 1.98. The highest BCUT2D eigenvalue weighted by molar-refractivity contribution is 5.99. The normalized spacial score (nSPS) is 19.6. The SMILES string of the molecule is CCOC(=O)C(O)=C1CCOC1=O. The minimum atomic E-state index is -0.878. The van der Waals surface area contributed by atoms with Gasteiger partial charge in [-0.3, -0.25) is 0 Å². The van der Waals surface area contributed by atoms with Crippen molar-refractivity contribution in [2.45, 2.75) is 13.3 Å². The maximum atomic E-state index is 10.9. The van der Waals surface area contributed by atoms with Gasteiger partial charge in [0.15, 0.2) is 0 Å². The van der Waals surface area contributed by atoms with Crippen molar-refractivity contribution >= 4 is 11.9 Å². The molecule has 5 nitrogen and oxygen atoms in total. The van der Waals surface area contributed by atoms with Gasteiger partial charge in [-0.05, 0) is 6.92 Å². The maximum Gasteiger partial charge on any atom is 0.373 e. The molecule has 5 heteroatoms.